The van der Waals surface area contributed by atoms with Crippen molar-refractivity contribution in [3.63, 3.8) is 0 Å². The minimum absolute atomic E-state index is 0.0809. The molecule has 0 saturated heterocycles. The molecule has 0 aromatic heterocycles. The number of ether oxygens (including phenoxy) is 1. The molecule has 0 N–H and O–H groups in total. The molecule has 0 spiro atoms. The van der Waals surface area contributed by atoms with Gasteiger partial charge in [-0.3, -0.25) is 14.9 Å². The van der Waals surface area contributed by atoms with Gasteiger partial charge in [0.05, 0.1) is 33.2 Å². The van der Waals surface area contributed by atoms with Gasteiger partial charge < -0.3 is 4.74 Å². The van der Waals surface area contributed by atoms with E-state index in [-0.39, 0.29) is 24.3 Å². The van der Waals surface area contributed by atoms with Crippen LogP contribution in [0.5, 0.6) is 0 Å². The van der Waals surface area contributed by atoms with Gasteiger partial charge >= 0.3 is 5.97 Å². The molecule has 18 heavy (non-hydrogen) atoms. The number of halogens is 1. The van der Waals surface area contributed by atoms with Gasteiger partial charge in [0.1, 0.15) is 0 Å². The van der Waals surface area contributed by atoms with Gasteiger partial charge in [-0.1, -0.05) is 0 Å². The van der Waals surface area contributed by atoms with Crippen LogP contribution in [0.25, 0.3) is 0 Å². The SMILES string of the molecule is CCOC(=O)Cc1cc(C#N)cc([N+](=O)[O-])c1I. The van der Waals surface area contributed by atoms with Crippen LogP contribution in [0.15, 0.2) is 12.1 Å². The number of carbonyl (C=O) groups excluding carboxylic acids is 1. The number of nitrogens with zero attached hydrogens (tertiary/aromatic N) is 2. The van der Waals surface area contributed by atoms with E-state index < -0.39 is 10.9 Å². The van der Waals surface area contributed by atoms with E-state index in [1.807, 2.05) is 6.07 Å². The maximum atomic E-state index is 11.4. The fourth-order valence-corrected chi connectivity index (χ4v) is 2.06. The number of benzene rings is 1. The summed E-state index contributed by atoms with van der Waals surface area (Å²) in [5.74, 6) is -0.472. The Hall–Kier alpha value is -1.69. The summed E-state index contributed by atoms with van der Waals surface area (Å²) in [5.41, 5.74) is 0.412. The molecule has 0 radical (unpaired) electrons. The van der Waals surface area contributed by atoms with Gasteiger partial charge in [0.2, 0.25) is 0 Å². The topological polar surface area (TPSA) is 93.2 Å². The molecular weight excluding hydrogens is 351 g/mol. The fraction of sp³-hybridized carbons (Fsp3) is 0.273. The Morgan fingerprint density at radius 2 is 2.28 bits per heavy atom. The van der Waals surface area contributed by atoms with Crippen LogP contribution in [0.1, 0.15) is 18.1 Å². The Bertz CT molecular complexity index is 537. The average molecular weight is 360 g/mol. The Balaban J connectivity index is 3.19. The molecule has 0 aliphatic heterocycles. The normalized spacial score (nSPS) is 9.61. The molecule has 0 amide bonds. The maximum absolute atomic E-state index is 11.4. The summed E-state index contributed by atoms with van der Waals surface area (Å²) >= 11 is 1.79. The lowest BCUT2D eigenvalue weighted by molar-refractivity contribution is -0.385. The Morgan fingerprint density at radius 3 is 2.78 bits per heavy atom. The summed E-state index contributed by atoms with van der Waals surface area (Å²) in [4.78, 5) is 21.6. The van der Waals surface area contributed by atoms with Crippen molar-refractivity contribution in [1.29, 1.82) is 5.26 Å². The van der Waals surface area contributed by atoms with Crippen molar-refractivity contribution in [3.8, 4) is 6.07 Å². The zero-order valence-electron chi connectivity index (χ0n) is 9.47. The molecule has 0 saturated carbocycles. The van der Waals surface area contributed by atoms with Crippen LogP contribution in [0.2, 0.25) is 0 Å². The number of rotatable bonds is 4. The van der Waals surface area contributed by atoms with E-state index in [4.69, 9.17) is 10.00 Å². The van der Waals surface area contributed by atoms with Crippen molar-refractivity contribution in [1.82, 2.24) is 0 Å². The average Bonchev–Trinajstić information content (AvgIpc) is 2.31. The first kappa shape index (κ1) is 14.4. The number of carbonyl (C=O) groups is 1. The van der Waals surface area contributed by atoms with Crippen LogP contribution >= 0.6 is 22.6 Å². The summed E-state index contributed by atoms with van der Waals surface area (Å²) in [6.45, 7) is 1.92. The minimum Gasteiger partial charge on any atom is -0.466 e. The lowest BCUT2D eigenvalue weighted by atomic mass is 10.1. The zero-order valence-corrected chi connectivity index (χ0v) is 11.6. The van der Waals surface area contributed by atoms with Crippen molar-refractivity contribution in [2.24, 2.45) is 0 Å². The fourth-order valence-electron chi connectivity index (χ4n) is 1.36. The van der Waals surface area contributed by atoms with E-state index in [9.17, 15) is 14.9 Å². The summed E-state index contributed by atoms with van der Waals surface area (Å²) in [6.07, 6.45) is -0.0809. The Morgan fingerprint density at radius 1 is 1.61 bits per heavy atom. The summed E-state index contributed by atoms with van der Waals surface area (Å²) in [7, 11) is 0. The standard InChI is InChI=1S/C11H9IN2O4/c1-2-18-10(15)5-8-3-7(6-13)4-9(11(8)12)14(16)17/h3-4H,2,5H2,1H3. The summed E-state index contributed by atoms with van der Waals surface area (Å²) in [6, 6.07) is 4.49. The van der Waals surface area contributed by atoms with Crippen LogP contribution in [0.3, 0.4) is 0 Å². The van der Waals surface area contributed by atoms with Gasteiger partial charge in [-0.15, -0.1) is 0 Å². The van der Waals surface area contributed by atoms with Gasteiger partial charge in [0.15, 0.2) is 0 Å². The molecule has 0 fully saturated rings. The molecule has 94 valence electrons. The number of hydrogen-bond donors (Lipinski definition) is 0. The van der Waals surface area contributed by atoms with E-state index in [1.165, 1.54) is 12.1 Å². The highest BCUT2D eigenvalue weighted by Crippen LogP contribution is 2.26. The molecule has 0 aliphatic rings. The highest BCUT2D eigenvalue weighted by Gasteiger charge is 2.19. The minimum atomic E-state index is -0.572. The first-order valence-corrected chi connectivity index (χ1v) is 6.10. The van der Waals surface area contributed by atoms with Gasteiger partial charge in [-0.05, 0) is 41.1 Å². The monoisotopic (exact) mass is 360 g/mol. The van der Waals surface area contributed by atoms with E-state index >= 15 is 0 Å². The molecule has 1 rings (SSSR count). The third-order valence-corrected chi connectivity index (χ3v) is 3.34. The second-order valence-electron chi connectivity index (χ2n) is 3.32. The number of nitriles is 1. The van der Waals surface area contributed by atoms with E-state index in [0.29, 0.717) is 9.13 Å². The lowest BCUT2D eigenvalue weighted by Crippen LogP contribution is -2.09. The third-order valence-electron chi connectivity index (χ3n) is 2.09. The van der Waals surface area contributed by atoms with Gasteiger partial charge in [0.25, 0.3) is 5.69 Å². The zero-order chi connectivity index (χ0) is 13.7. The van der Waals surface area contributed by atoms with Crippen LogP contribution in [0.4, 0.5) is 5.69 Å². The maximum Gasteiger partial charge on any atom is 0.310 e. The molecule has 0 aliphatic carbocycles. The van der Waals surface area contributed by atoms with Gasteiger partial charge in [-0.2, -0.15) is 5.26 Å². The molecule has 7 heteroatoms. The molecule has 0 heterocycles. The van der Waals surface area contributed by atoms with E-state index in [0.717, 1.165) is 0 Å². The molecule has 1 aromatic rings. The van der Waals surface area contributed by atoms with Crippen LogP contribution in [-0.4, -0.2) is 17.5 Å². The third kappa shape index (κ3) is 3.40. The number of hydrogen-bond acceptors (Lipinski definition) is 5. The van der Waals surface area contributed by atoms with Crippen molar-refractivity contribution >= 4 is 34.2 Å². The smallest absolute Gasteiger partial charge is 0.310 e. The summed E-state index contributed by atoms with van der Waals surface area (Å²) in [5, 5.41) is 19.6. The molecule has 0 bridgehead atoms. The Labute approximate surface area is 117 Å². The first-order valence-electron chi connectivity index (χ1n) is 5.02. The summed E-state index contributed by atoms with van der Waals surface area (Å²) < 4.78 is 5.13. The molecular formula is C11H9IN2O4. The van der Waals surface area contributed by atoms with E-state index in [1.54, 1.807) is 29.5 Å². The molecule has 0 atom stereocenters. The number of nitro benzene ring substituents is 1. The molecule has 0 unspecified atom stereocenters. The van der Waals surface area contributed by atoms with Gasteiger partial charge in [-0.25, -0.2) is 0 Å². The van der Waals surface area contributed by atoms with Crippen LogP contribution in [-0.2, 0) is 16.0 Å². The predicted molar refractivity (Wildman–Crippen MR) is 70.9 cm³/mol. The molecule has 1 aromatic carbocycles. The quantitative estimate of drug-likeness (QED) is 0.355. The number of nitro groups is 1. The van der Waals surface area contributed by atoms with Gasteiger partial charge in [0, 0.05) is 6.07 Å². The largest absolute Gasteiger partial charge is 0.466 e. The molecule has 6 nitrogen and oxygen atoms in total. The number of esters is 1. The second kappa shape index (κ2) is 6.30. The van der Waals surface area contributed by atoms with Crippen molar-refractivity contribution in [3.05, 3.63) is 36.9 Å². The highest BCUT2D eigenvalue weighted by atomic mass is 127. The van der Waals surface area contributed by atoms with Crippen molar-refractivity contribution in [2.75, 3.05) is 6.61 Å². The van der Waals surface area contributed by atoms with E-state index in [2.05, 4.69) is 0 Å². The van der Waals surface area contributed by atoms with Crippen molar-refractivity contribution in [2.45, 2.75) is 13.3 Å². The Kier molecular flexibility index (Phi) is 5.03. The van der Waals surface area contributed by atoms with Crippen molar-refractivity contribution < 1.29 is 14.5 Å². The first-order chi connectivity index (χ1) is 8.49. The van der Waals surface area contributed by atoms with Crippen LogP contribution < -0.4 is 0 Å². The predicted octanol–water partition coefficient (Wildman–Crippen LogP) is 2.18. The highest BCUT2D eigenvalue weighted by molar-refractivity contribution is 14.1. The second-order valence-corrected chi connectivity index (χ2v) is 4.40. The van der Waals surface area contributed by atoms with Crippen LogP contribution in [0, 0.1) is 25.0 Å². The lowest BCUT2D eigenvalue weighted by Gasteiger charge is -2.05.